The Balaban J connectivity index is 1.68. The van der Waals surface area contributed by atoms with Gasteiger partial charge in [0, 0.05) is 11.9 Å². The van der Waals surface area contributed by atoms with Gasteiger partial charge < -0.3 is 10.1 Å². The van der Waals surface area contributed by atoms with E-state index in [1.807, 2.05) is 0 Å². The number of hydrogen-bond donors (Lipinski definition) is 1. The fourth-order valence-corrected chi connectivity index (χ4v) is 2.15. The Morgan fingerprint density at radius 2 is 1.88 bits per heavy atom. The van der Waals surface area contributed by atoms with E-state index in [0.29, 0.717) is 5.65 Å². The van der Waals surface area contributed by atoms with Gasteiger partial charge in [-0.05, 0) is 36.4 Å². The maximum absolute atomic E-state index is 12.1. The number of halogens is 3. The minimum Gasteiger partial charge on any atom is -0.406 e. The Morgan fingerprint density at radius 1 is 1.16 bits per heavy atom. The van der Waals surface area contributed by atoms with Gasteiger partial charge in [-0.2, -0.15) is 0 Å². The number of carbonyl (C=O) groups is 1. The SMILES string of the molecule is O=C(Cn1nc2ccccn2c1=O)Nc1ccc(OC(F)(F)F)cc1. The minimum atomic E-state index is -4.78. The lowest BCUT2D eigenvalue weighted by atomic mass is 10.3. The van der Waals surface area contributed by atoms with Crippen LogP contribution in [0.5, 0.6) is 5.75 Å². The Morgan fingerprint density at radius 3 is 2.52 bits per heavy atom. The minimum absolute atomic E-state index is 0.260. The molecule has 0 aliphatic rings. The highest BCUT2D eigenvalue weighted by molar-refractivity contribution is 5.90. The summed E-state index contributed by atoms with van der Waals surface area (Å²) in [5.74, 6) is -0.947. The molecule has 1 aromatic carbocycles. The Labute approximate surface area is 138 Å². The quantitative estimate of drug-likeness (QED) is 0.779. The molecule has 1 amide bonds. The van der Waals surface area contributed by atoms with Gasteiger partial charge in [0.25, 0.3) is 0 Å². The lowest BCUT2D eigenvalue weighted by Crippen LogP contribution is -2.28. The van der Waals surface area contributed by atoms with Crippen LogP contribution in [0, 0.1) is 0 Å². The zero-order valence-corrected chi connectivity index (χ0v) is 12.5. The first kappa shape index (κ1) is 16.6. The van der Waals surface area contributed by atoms with E-state index in [9.17, 15) is 22.8 Å². The van der Waals surface area contributed by atoms with Crippen LogP contribution in [0.15, 0.2) is 53.5 Å². The summed E-state index contributed by atoms with van der Waals surface area (Å²) in [5, 5.41) is 6.48. The fourth-order valence-electron chi connectivity index (χ4n) is 2.15. The van der Waals surface area contributed by atoms with Crippen LogP contribution in [0.2, 0.25) is 0 Å². The average Bonchev–Trinajstić information content (AvgIpc) is 2.84. The molecule has 0 bridgehead atoms. The second kappa shape index (κ2) is 6.30. The lowest BCUT2D eigenvalue weighted by Gasteiger charge is -2.09. The highest BCUT2D eigenvalue weighted by Crippen LogP contribution is 2.23. The summed E-state index contributed by atoms with van der Waals surface area (Å²) >= 11 is 0. The van der Waals surface area contributed by atoms with E-state index >= 15 is 0 Å². The van der Waals surface area contributed by atoms with Gasteiger partial charge in [0.05, 0.1) is 0 Å². The van der Waals surface area contributed by atoms with Crippen molar-refractivity contribution in [3.05, 3.63) is 59.1 Å². The number of benzene rings is 1. The van der Waals surface area contributed by atoms with Gasteiger partial charge in [-0.15, -0.1) is 18.3 Å². The molecule has 0 aliphatic heterocycles. The van der Waals surface area contributed by atoms with E-state index < -0.39 is 23.7 Å². The fraction of sp³-hybridized carbons (Fsp3) is 0.133. The van der Waals surface area contributed by atoms with Gasteiger partial charge in [-0.1, -0.05) is 6.07 Å². The number of aromatic nitrogens is 3. The second-order valence-corrected chi connectivity index (χ2v) is 4.99. The predicted octanol–water partition coefficient (Wildman–Crippen LogP) is 2.03. The number of ether oxygens (including phenoxy) is 1. The summed E-state index contributed by atoms with van der Waals surface area (Å²) in [6.45, 7) is -0.332. The van der Waals surface area contributed by atoms with Crippen molar-refractivity contribution in [3.8, 4) is 5.75 Å². The molecule has 25 heavy (non-hydrogen) atoms. The van der Waals surface area contributed by atoms with E-state index in [1.54, 1.807) is 18.2 Å². The van der Waals surface area contributed by atoms with E-state index in [0.717, 1.165) is 16.8 Å². The first-order valence-electron chi connectivity index (χ1n) is 7.02. The van der Waals surface area contributed by atoms with Crippen molar-refractivity contribution in [2.24, 2.45) is 0 Å². The number of anilines is 1. The van der Waals surface area contributed by atoms with Crippen molar-refractivity contribution in [1.29, 1.82) is 0 Å². The number of rotatable bonds is 4. The van der Waals surface area contributed by atoms with E-state index in [-0.39, 0.29) is 12.2 Å². The maximum atomic E-state index is 12.1. The van der Waals surface area contributed by atoms with Crippen LogP contribution >= 0.6 is 0 Å². The molecule has 3 aromatic rings. The number of carbonyl (C=O) groups excluding carboxylic acids is 1. The van der Waals surface area contributed by atoms with Crippen LogP contribution in [-0.4, -0.2) is 26.5 Å². The summed E-state index contributed by atoms with van der Waals surface area (Å²) in [7, 11) is 0. The summed E-state index contributed by atoms with van der Waals surface area (Å²) in [4.78, 5) is 24.0. The zero-order valence-electron chi connectivity index (χ0n) is 12.5. The van der Waals surface area contributed by atoms with Crippen molar-refractivity contribution in [2.75, 3.05) is 5.32 Å². The summed E-state index contributed by atoms with van der Waals surface area (Å²) in [6, 6.07) is 9.63. The van der Waals surface area contributed by atoms with Gasteiger partial charge in [-0.25, -0.2) is 9.48 Å². The molecule has 0 radical (unpaired) electrons. The number of alkyl halides is 3. The largest absolute Gasteiger partial charge is 0.573 e. The third-order valence-corrected chi connectivity index (χ3v) is 3.15. The second-order valence-electron chi connectivity index (χ2n) is 4.99. The van der Waals surface area contributed by atoms with E-state index in [4.69, 9.17) is 0 Å². The molecule has 0 atom stereocenters. The van der Waals surface area contributed by atoms with E-state index in [2.05, 4.69) is 15.2 Å². The molecule has 0 fully saturated rings. The van der Waals surface area contributed by atoms with Crippen LogP contribution in [0.3, 0.4) is 0 Å². The third-order valence-electron chi connectivity index (χ3n) is 3.15. The van der Waals surface area contributed by atoms with Gasteiger partial charge in [0.15, 0.2) is 5.65 Å². The molecule has 0 unspecified atom stereocenters. The van der Waals surface area contributed by atoms with Crippen molar-refractivity contribution in [3.63, 3.8) is 0 Å². The van der Waals surface area contributed by atoms with Crippen LogP contribution in [0.4, 0.5) is 18.9 Å². The number of nitrogens with one attached hydrogen (secondary N) is 1. The maximum Gasteiger partial charge on any atom is 0.573 e. The van der Waals surface area contributed by atoms with Gasteiger partial charge in [0.2, 0.25) is 5.91 Å². The molecule has 0 saturated carbocycles. The first-order valence-corrected chi connectivity index (χ1v) is 7.02. The highest BCUT2D eigenvalue weighted by atomic mass is 19.4. The van der Waals surface area contributed by atoms with E-state index in [1.165, 1.54) is 22.7 Å². The highest BCUT2D eigenvalue weighted by Gasteiger charge is 2.30. The van der Waals surface area contributed by atoms with Gasteiger partial charge in [-0.3, -0.25) is 9.20 Å². The van der Waals surface area contributed by atoms with Crippen molar-refractivity contribution in [1.82, 2.24) is 14.2 Å². The van der Waals surface area contributed by atoms with Crippen LogP contribution in [-0.2, 0) is 11.3 Å². The number of hydrogen-bond acceptors (Lipinski definition) is 4. The molecule has 0 aliphatic carbocycles. The Hall–Kier alpha value is -3.30. The molecule has 0 spiro atoms. The molecule has 1 N–H and O–H groups in total. The number of pyridine rings is 1. The molecule has 3 rings (SSSR count). The monoisotopic (exact) mass is 352 g/mol. The normalized spacial score (nSPS) is 11.5. The van der Waals surface area contributed by atoms with Crippen LogP contribution in [0.25, 0.3) is 5.65 Å². The molecule has 7 nitrogen and oxygen atoms in total. The Kier molecular flexibility index (Phi) is 4.17. The van der Waals surface area contributed by atoms with Crippen LogP contribution < -0.4 is 15.7 Å². The summed E-state index contributed by atoms with van der Waals surface area (Å²) < 4.78 is 42.3. The van der Waals surface area contributed by atoms with Crippen molar-refractivity contribution >= 4 is 17.2 Å². The zero-order chi connectivity index (χ0) is 18.0. The standard InChI is InChI=1S/C15H11F3N4O3/c16-15(17,18)25-11-6-4-10(5-7-11)19-13(23)9-22-14(24)21-8-2-1-3-12(21)20-22/h1-8H,9H2,(H,19,23). The molecule has 130 valence electrons. The smallest absolute Gasteiger partial charge is 0.406 e. The predicted molar refractivity (Wildman–Crippen MR) is 81.2 cm³/mol. The number of amides is 1. The average molecular weight is 352 g/mol. The Bertz CT molecular complexity index is 961. The molecular weight excluding hydrogens is 341 g/mol. The van der Waals surface area contributed by atoms with Gasteiger partial charge in [0.1, 0.15) is 12.3 Å². The molecule has 10 heteroatoms. The molecule has 2 heterocycles. The number of nitrogens with zero attached hydrogens (tertiary/aromatic N) is 3. The van der Waals surface area contributed by atoms with Crippen LogP contribution in [0.1, 0.15) is 0 Å². The van der Waals surface area contributed by atoms with Crippen molar-refractivity contribution < 1.29 is 22.7 Å². The topological polar surface area (TPSA) is 77.6 Å². The molecule has 2 aromatic heterocycles. The molecule has 0 saturated heterocycles. The van der Waals surface area contributed by atoms with Crippen molar-refractivity contribution in [2.45, 2.75) is 12.9 Å². The summed E-state index contributed by atoms with van der Waals surface area (Å²) in [5.41, 5.74) is 0.185. The lowest BCUT2D eigenvalue weighted by molar-refractivity contribution is -0.274. The summed E-state index contributed by atoms with van der Waals surface area (Å²) in [6.07, 6.45) is -3.26. The van der Waals surface area contributed by atoms with Gasteiger partial charge >= 0.3 is 12.1 Å². The first-order chi connectivity index (χ1) is 11.8. The molecular formula is C15H11F3N4O3. The third kappa shape index (κ3) is 3.97. The number of fused-ring (bicyclic) bond motifs is 1.